The number of carbonyl (C=O) groups is 2. The maximum Gasteiger partial charge on any atom is 0.313 e. The van der Waals surface area contributed by atoms with Gasteiger partial charge in [-0.3, -0.25) is 9.59 Å². The van der Waals surface area contributed by atoms with E-state index >= 15 is 0 Å². The van der Waals surface area contributed by atoms with E-state index in [0.717, 1.165) is 29.6 Å². The first kappa shape index (κ1) is 15.4. The Balaban J connectivity index is 2.60. The van der Waals surface area contributed by atoms with Crippen molar-refractivity contribution >= 4 is 35.0 Å². The number of benzene rings is 1. The van der Waals surface area contributed by atoms with Gasteiger partial charge in [0, 0.05) is 6.54 Å². The highest BCUT2D eigenvalue weighted by molar-refractivity contribution is 8.00. The summed E-state index contributed by atoms with van der Waals surface area (Å²) in [4.78, 5) is 22.0. The summed E-state index contributed by atoms with van der Waals surface area (Å²) in [7, 11) is 0. The molecule has 0 saturated heterocycles. The number of carboxylic acid groups (broad SMARTS) is 1. The van der Waals surface area contributed by atoms with Crippen LogP contribution in [0.25, 0.3) is 0 Å². The molecule has 1 rings (SSSR count). The fraction of sp³-hybridized carbons (Fsp3) is 0.385. The average molecular weight is 282 g/mol. The van der Waals surface area contributed by atoms with E-state index < -0.39 is 5.97 Å². The van der Waals surface area contributed by atoms with Gasteiger partial charge in [0.25, 0.3) is 0 Å². The predicted octanol–water partition coefficient (Wildman–Crippen LogP) is 2.18. The third kappa shape index (κ3) is 5.65. The quantitative estimate of drug-likeness (QED) is 0.714. The van der Waals surface area contributed by atoms with Crippen molar-refractivity contribution in [2.24, 2.45) is 0 Å². The van der Waals surface area contributed by atoms with Crippen molar-refractivity contribution in [1.82, 2.24) is 0 Å². The summed E-state index contributed by atoms with van der Waals surface area (Å²) < 4.78 is 0. The second-order valence-electron chi connectivity index (χ2n) is 4.01. The molecule has 3 N–H and O–H groups in total. The van der Waals surface area contributed by atoms with Gasteiger partial charge in [-0.1, -0.05) is 6.07 Å². The smallest absolute Gasteiger partial charge is 0.313 e. The van der Waals surface area contributed by atoms with Gasteiger partial charge in [0.05, 0.1) is 22.9 Å². The van der Waals surface area contributed by atoms with E-state index in [2.05, 4.69) is 10.6 Å². The first-order valence-electron chi connectivity index (χ1n) is 5.97. The number of amides is 1. The number of anilines is 2. The molecule has 0 bridgehead atoms. The van der Waals surface area contributed by atoms with Crippen molar-refractivity contribution in [3.05, 3.63) is 23.8 Å². The van der Waals surface area contributed by atoms with Crippen LogP contribution in [0.1, 0.15) is 12.5 Å². The molecule has 0 fully saturated rings. The number of carbonyl (C=O) groups excluding carboxylic acids is 1. The Morgan fingerprint density at radius 2 is 2.00 bits per heavy atom. The maximum absolute atomic E-state index is 11.7. The average Bonchev–Trinajstić information content (AvgIpc) is 2.32. The Kier molecular flexibility index (Phi) is 6.21. The maximum atomic E-state index is 11.7. The first-order valence-corrected chi connectivity index (χ1v) is 7.12. The molecule has 19 heavy (non-hydrogen) atoms. The summed E-state index contributed by atoms with van der Waals surface area (Å²) in [6.45, 7) is 4.73. The van der Waals surface area contributed by atoms with Crippen LogP contribution in [-0.2, 0) is 9.59 Å². The van der Waals surface area contributed by atoms with E-state index in [4.69, 9.17) is 5.11 Å². The Labute approximate surface area is 116 Å². The largest absolute Gasteiger partial charge is 0.481 e. The van der Waals surface area contributed by atoms with Crippen LogP contribution in [0.5, 0.6) is 0 Å². The number of carboxylic acids is 1. The highest BCUT2D eigenvalue weighted by atomic mass is 32.2. The van der Waals surface area contributed by atoms with Gasteiger partial charge in [0.15, 0.2) is 0 Å². The summed E-state index contributed by atoms with van der Waals surface area (Å²) in [5.74, 6) is -1.05. The third-order valence-electron chi connectivity index (χ3n) is 2.28. The number of thioether (sulfide) groups is 1. The van der Waals surface area contributed by atoms with Crippen molar-refractivity contribution in [3.8, 4) is 0 Å². The van der Waals surface area contributed by atoms with Gasteiger partial charge in [0.2, 0.25) is 5.91 Å². The molecular weight excluding hydrogens is 264 g/mol. The van der Waals surface area contributed by atoms with Crippen LogP contribution < -0.4 is 10.6 Å². The zero-order chi connectivity index (χ0) is 14.3. The van der Waals surface area contributed by atoms with E-state index in [1.807, 2.05) is 32.0 Å². The number of rotatable bonds is 7. The van der Waals surface area contributed by atoms with Gasteiger partial charge in [0.1, 0.15) is 0 Å². The molecule has 0 aliphatic rings. The first-order chi connectivity index (χ1) is 9.02. The summed E-state index contributed by atoms with van der Waals surface area (Å²) in [6.07, 6.45) is 0. The topological polar surface area (TPSA) is 78.4 Å². The highest BCUT2D eigenvalue weighted by Crippen LogP contribution is 2.23. The lowest BCUT2D eigenvalue weighted by atomic mass is 10.2. The molecule has 104 valence electrons. The minimum atomic E-state index is -0.915. The highest BCUT2D eigenvalue weighted by Gasteiger charge is 2.08. The molecule has 0 saturated carbocycles. The zero-order valence-electron chi connectivity index (χ0n) is 11.0. The molecule has 1 amide bonds. The molecule has 6 heteroatoms. The molecule has 5 nitrogen and oxygen atoms in total. The zero-order valence-corrected chi connectivity index (χ0v) is 11.8. The van der Waals surface area contributed by atoms with Crippen molar-refractivity contribution in [2.75, 3.05) is 28.7 Å². The molecular formula is C13H18N2O3S. The van der Waals surface area contributed by atoms with Crippen molar-refractivity contribution in [3.63, 3.8) is 0 Å². The Bertz CT molecular complexity index is 463. The summed E-state index contributed by atoms with van der Waals surface area (Å²) in [6, 6.07) is 5.72. The second kappa shape index (κ2) is 7.68. The minimum absolute atomic E-state index is 0.0681. The summed E-state index contributed by atoms with van der Waals surface area (Å²) in [5.41, 5.74) is 2.70. The van der Waals surface area contributed by atoms with Crippen LogP contribution in [0.3, 0.4) is 0 Å². The van der Waals surface area contributed by atoms with Gasteiger partial charge >= 0.3 is 5.97 Å². The second-order valence-corrected chi connectivity index (χ2v) is 5.00. The molecule has 0 radical (unpaired) electrons. The molecule has 1 aromatic carbocycles. The van der Waals surface area contributed by atoms with Crippen LogP contribution >= 0.6 is 11.8 Å². The van der Waals surface area contributed by atoms with Crippen LogP contribution in [0.4, 0.5) is 11.4 Å². The predicted molar refractivity (Wildman–Crippen MR) is 78.9 cm³/mol. The van der Waals surface area contributed by atoms with Gasteiger partial charge in [-0.05, 0) is 31.5 Å². The minimum Gasteiger partial charge on any atom is -0.481 e. The fourth-order valence-electron chi connectivity index (χ4n) is 1.52. The van der Waals surface area contributed by atoms with Crippen LogP contribution in [-0.4, -0.2) is 35.0 Å². The van der Waals surface area contributed by atoms with Crippen molar-refractivity contribution < 1.29 is 14.7 Å². The number of hydrogen-bond donors (Lipinski definition) is 3. The monoisotopic (exact) mass is 282 g/mol. The normalized spacial score (nSPS) is 10.0. The number of aryl methyl sites for hydroxylation is 1. The molecule has 1 aromatic rings. The van der Waals surface area contributed by atoms with E-state index in [1.165, 1.54) is 0 Å². The van der Waals surface area contributed by atoms with Crippen molar-refractivity contribution in [2.45, 2.75) is 13.8 Å². The summed E-state index contributed by atoms with van der Waals surface area (Å²) >= 11 is 1.08. The molecule has 0 unspecified atom stereocenters. The number of aliphatic carboxylic acids is 1. The number of nitrogens with one attached hydrogen (secondary N) is 2. The molecule has 0 heterocycles. The Hall–Kier alpha value is -1.69. The van der Waals surface area contributed by atoms with Crippen LogP contribution in [0, 0.1) is 6.92 Å². The molecule has 0 aliphatic carbocycles. The lowest BCUT2D eigenvalue weighted by molar-refractivity contribution is -0.133. The molecule has 0 atom stereocenters. The van der Waals surface area contributed by atoms with E-state index in [1.54, 1.807) is 0 Å². The Morgan fingerprint density at radius 3 is 2.63 bits per heavy atom. The van der Waals surface area contributed by atoms with E-state index in [-0.39, 0.29) is 17.4 Å². The van der Waals surface area contributed by atoms with Gasteiger partial charge in [-0.2, -0.15) is 0 Å². The lowest BCUT2D eigenvalue weighted by Crippen LogP contribution is -2.16. The molecule has 0 aliphatic heterocycles. The summed E-state index contributed by atoms with van der Waals surface area (Å²) in [5, 5.41) is 14.5. The standard InChI is InChI=1S/C13H18N2O3S/c1-3-14-11-6-9(2)4-5-10(11)15-12(16)7-19-8-13(17)18/h4-6,14H,3,7-8H2,1-2H3,(H,15,16)(H,17,18). The van der Waals surface area contributed by atoms with E-state index in [0.29, 0.717) is 5.69 Å². The fourth-order valence-corrected chi connectivity index (χ4v) is 2.06. The Morgan fingerprint density at radius 1 is 1.26 bits per heavy atom. The lowest BCUT2D eigenvalue weighted by Gasteiger charge is -2.12. The van der Waals surface area contributed by atoms with Crippen molar-refractivity contribution in [1.29, 1.82) is 0 Å². The van der Waals surface area contributed by atoms with Gasteiger partial charge in [-0.15, -0.1) is 11.8 Å². The van der Waals surface area contributed by atoms with Crippen LogP contribution in [0.2, 0.25) is 0 Å². The van der Waals surface area contributed by atoms with Crippen LogP contribution in [0.15, 0.2) is 18.2 Å². The third-order valence-corrected chi connectivity index (χ3v) is 3.19. The van der Waals surface area contributed by atoms with Gasteiger partial charge in [-0.25, -0.2) is 0 Å². The van der Waals surface area contributed by atoms with Gasteiger partial charge < -0.3 is 15.7 Å². The molecule has 0 aromatic heterocycles. The molecule has 0 spiro atoms. The SMILES string of the molecule is CCNc1cc(C)ccc1NC(=O)CSCC(=O)O. The number of hydrogen-bond acceptors (Lipinski definition) is 4. The van der Waals surface area contributed by atoms with E-state index in [9.17, 15) is 9.59 Å².